The number of ether oxygens (including phenoxy) is 1. The Hall–Kier alpha value is -2.45. The lowest BCUT2D eigenvalue weighted by Crippen LogP contribution is -2.33. The van der Waals surface area contributed by atoms with Crippen molar-refractivity contribution in [2.24, 2.45) is 5.73 Å². The second kappa shape index (κ2) is 8.25. The van der Waals surface area contributed by atoms with Crippen molar-refractivity contribution in [1.82, 2.24) is 10.3 Å². The van der Waals surface area contributed by atoms with Crippen LogP contribution in [0.1, 0.15) is 22.4 Å². The largest absolute Gasteiger partial charge is 0.494 e. The first-order valence-electron chi connectivity index (χ1n) is 7.07. The Morgan fingerprint density at radius 3 is 2.65 bits per heavy atom. The number of benzene rings is 1. The monoisotopic (exact) mass is 334 g/mol. The molecule has 1 heterocycles. The normalized spacial score (nSPS) is 10.2. The van der Waals surface area contributed by atoms with E-state index in [1.54, 1.807) is 29.6 Å². The number of carbonyl (C=O) groups is 2. The van der Waals surface area contributed by atoms with Crippen LogP contribution in [-0.4, -0.2) is 29.9 Å². The molecule has 0 saturated carbocycles. The zero-order valence-corrected chi connectivity index (χ0v) is 13.5. The number of rotatable bonds is 7. The number of carbonyl (C=O) groups excluding carboxylic acids is 2. The molecular weight excluding hydrogens is 316 g/mol. The molecule has 0 atom stereocenters. The summed E-state index contributed by atoms with van der Waals surface area (Å²) in [5.41, 5.74) is 6.34. The summed E-state index contributed by atoms with van der Waals surface area (Å²) in [4.78, 5) is 27.7. The highest BCUT2D eigenvalue weighted by Gasteiger charge is 2.11. The molecule has 1 aromatic carbocycles. The van der Waals surface area contributed by atoms with E-state index in [4.69, 9.17) is 10.5 Å². The maximum absolute atomic E-state index is 11.8. The van der Waals surface area contributed by atoms with Gasteiger partial charge in [-0.05, 0) is 31.2 Å². The first-order chi connectivity index (χ1) is 11.1. The fourth-order valence-electron chi connectivity index (χ4n) is 1.77. The molecule has 2 aromatic rings. The van der Waals surface area contributed by atoms with Gasteiger partial charge in [-0.1, -0.05) is 0 Å². The van der Waals surface area contributed by atoms with Crippen LogP contribution >= 0.6 is 11.3 Å². The summed E-state index contributed by atoms with van der Waals surface area (Å²) in [6.07, 6.45) is 0. The van der Waals surface area contributed by atoms with Crippen LogP contribution in [0.3, 0.4) is 0 Å². The molecule has 0 saturated heterocycles. The molecule has 0 radical (unpaired) electrons. The molecule has 2 amide bonds. The van der Waals surface area contributed by atoms with Gasteiger partial charge in [0.15, 0.2) is 0 Å². The molecule has 0 bridgehead atoms. The predicted octanol–water partition coefficient (Wildman–Crippen LogP) is 1.37. The van der Waals surface area contributed by atoms with Crippen molar-refractivity contribution in [3.63, 3.8) is 0 Å². The quantitative estimate of drug-likeness (QED) is 0.709. The van der Waals surface area contributed by atoms with Crippen molar-refractivity contribution in [1.29, 1.82) is 0 Å². The van der Waals surface area contributed by atoms with E-state index < -0.39 is 5.91 Å². The lowest BCUT2D eigenvalue weighted by atomic mass is 10.3. The number of amides is 2. The zero-order chi connectivity index (χ0) is 16.7. The third-order valence-electron chi connectivity index (χ3n) is 2.82. The van der Waals surface area contributed by atoms with Gasteiger partial charge in [-0.3, -0.25) is 9.59 Å². The minimum absolute atomic E-state index is 0.137. The fourth-order valence-corrected chi connectivity index (χ4v) is 2.42. The van der Waals surface area contributed by atoms with Gasteiger partial charge in [0.05, 0.1) is 13.2 Å². The van der Waals surface area contributed by atoms with Crippen LogP contribution in [0.15, 0.2) is 29.6 Å². The van der Waals surface area contributed by atoms with E-state index in [2.05, 4.69) is 15.6 Å². The second-order valence-electron chi connectivity index (χ2n) is 4.52. The molecule has 23 heavy (non-hydrogen) atoms. The summed E-state index contributed by atoms with van der Waals surface area (Å²) >= 11 is 1.31. The Morgan fingerprint density at radius 2 is 2.04 bits per heavy atom. The molecule has 0 aliphatic rings. The molecule has 0 aliphatic heterocycles. The molecule has 2 rings (SSSR count). The second-order valence-corrected chi connectivity index (χ2v) is 5.46. The van der Waals surface area contributed by atoms with Crippen LogP contribution < -0.4 is 21.1 Å². The van der Waals surface area contributed by atoms with Crippen molar-refractivity contribution in [3.8, 4) is 5.75 Å². The van der Waals surface area contributed by atoms with Crippen molar-refractivity contribution >= 4 is 28.8 Å². The number of hydrogen-bond acceptors (Lipinski definition) is 6. The van der Waals surface area contributed by atoms with Crippen molar-refractivity contribution < 1.29 is 14.3 Å². The van der Waals surface area contributed by atoms with Gasteiger partial charge in [0.25, 0.3) is 5.91 Å². The lowest BCUT2D eigenvalue weighted by Gasteiger charge is -2.07. The molecule has 0 aliphatic carbocycles. The van der Waals surface area contributed by atoms with E-state index in [1.807, 2.05) is 6.92 Å². The highest BCUT2D eigenvalue weighted by atomic mass is 32.1. The maximum atomic E-state index is 11.8. The average molecular weight is 334 g/mol. The van der Waals surface area contributed by atoms with Crippen molar-refractivity contribution in [3.05, 3.63) is 40.3 Å². The van der Waals surface area contributed by atoms with Gasteiger partial charge in [0, 0.05) is 17.6 Å². The van der Waals surface area contributed by atoms with E-state index in [9.17, 15) is 9.59 Å². The molecule has 8 heteroatoms. The molecule has 0 spiro atoms. The number of hydrogen-bond donors (Lipinski definition) is 3. The molecular formula is C15H18N4O3S. The van der Waals surface area contributed by atoms with E-state index in [1.165, 1.54) is 11.3 Å². The van der Waals surface area contributed by atoms with Gasteiger partial charge in [-0.25, -0.2) is 4.98 Å². The highest BCUT2D eigenvalue weighted by molar-refractivity contribution is 7.09. The number of nitrogens with one attached hydrogen (secondary N) is 2. The molecule has 0 unspecified atom stereocenters. The predicted molar refractivity (Wildman–Crippen MR) is 88.6 cm³/mol. The van der Waals surface area contributed by atoms with Gasteiger partial charge in [0.2, 0.25) is 5.91 Å². The summed E-state index contributed by atoms with van der Waals surface area (Å²) in [6.45, 7) is 2.63. The molecule has 0 fully saturated rings. The first-order valence-corrected chi connectivity index (χ1v) is 7.95. The number of anilines is 1. The molecule has 1 aromatic heterocycles. The Labute approximate surface area is 137 Å². The maximum Gasteiger partial charge on any atom is 0.271 e. The number of thiazole rings is 1. The minimum Gasteiger partial charge on any atom is -0.494 e. The lowest BCUT2D eigenvalue weighted by molar-refractivity contribution is -0.115. The van der Waals surface area contributed by atoms with Gasteiger partial charge in [-0.15, -0.1) is 11.3 Å². The molecule has 122 valence electrons. The Bertz CT molecular complexity index is 670. The summed E-state index contributed by atoms with van der Waals surface area (Å²) in [6, 6.07) is 7.00. The van der Waals surface area contributed by atoms with Crippen LogP contribution in [0, 0.1) is 0 Å². The minimum atomic E-state index is -0.400. The summed E-state index contributed by atoms with van der Waals surface area (Å²) in [5.74, 6) is 0.0117. The third kappa shape index (κ3) is 5.04. The number of nitrogens with zero attached hydrogens (tertiary/aromatic N) is 1. The van der Waals surface area contributed by atoms with Crippen LogP contribution in [-0.2, 0) is 11.3 Å². The van der Waals surface area contributed by atoms with Crippen molar-refractivity contribution in [2.45, 2.75) is 13.5 Å². The van der Waals surface area contributed by atoms with Crippen LogP contribution in [0.4, 0.5) is 5.69 Å². The Balaban J connectivity index is 1.81. The fraction of sp³-hybridized carbons (Fsp3) is 0.267. The van der Waals surface area contributed by atoms with Crippen LogP contribution in [0.5, 0.6) is 5.75 Å². The topological polar surface area (TPSA) is 106 Å². The van der Waals surface area contributed by atoms with E-state index in [0.717, 1.165) is 5.75 Å². The zero-order valence-electron chi connectivity index (χ0n) is 12.7. The smallest absolute Gasteiger partial charge is 0.271 e. The molecule has 7 nitrogen and oxygen atoms in total. The van der Waals surface area contributed by atoms with Crippen LogP contribution in [0.25, 0.3) is 0 Å². The SMILES string of the molecule is CCOc1ccc(NC(=O)CNC(=O)c2csc(CN)n2)cc1. The van der Waals surface area contributed by atoms with E-state index in [0.29, 0.717) is 17.3 Å². The van der Waals surface area contributed by atoms with Crippen molar-refractivity contribution in [2.75, 3.05) is 18.5 Å². The van der Waals surface area contributed by atoms with Gasteiger partial charge < -0.3 is 21.1 Å². The highest BCUT2D eigenvalue weighted by Crippen LogP contribution is 2.15. The standard InChI is InChI=1S/C15H18N4O3S/c1-2-22-11-5-3-10(4-6-11)18-13(20)8-17-15(21)12-9-23-14(7-16)19-12/h3-6,9H,2,7-8,16H2,1H3,(H,17,21)(H,18,20). The number of nitrogens with two attached hydrogens (primary N) is 1. The first kappa shape index (κ1) is 16.9. The Kier molecular flexibility index (Phi) is 6.07. The van der Waals surface area contributed by atoms with E-state index in [-0.39, 0.29) is 24.7 Å². The summed E-state index contributed by atoms with van der Waals surface area (Å²) < 4.78 is 5.32. The Morgan fingerprint density at radius 1 is 1.30 bits per heavy atom. The van der Waals surface area contributed by atoms with Gasteiger partial charge in [0.1, 0.15) is 16.5 Å². The number of aromatic nitrogens is 1. The molecule has 4 N–H and O–H groups in total. The van der Waals surface area contributed by atoms with Crippen LogP contribution in [0.2, 0.25) is 0 Å². The third-order valence-corrected chi connectivity index (χ3v) is 3.69. The van der Waals surface area contributed by atoms with Gasteiger partial charge in [-0.2, -0.15) is 0 Å². The van der Waals surface area contributed by atoms with Gasteiger partial charge >= 0.3 is 0 Å². The summed E-state index contributed by atoms with van der Waals surface area (Å²) in [5, 5.41) is 7.49. The van der Waals surface area contributed by atoms with E-state index >= 15 is 0 Å². The average Bonchev–Trinajstić information content (AvgIpc) is 3.04. The summed E-state index contributed by atoms with van der Waals surface area (Å²) in [7, 11) is 0.